The highest BCUT2D eigenvalue weighted by Gasteiger charge is 2.48. The summed E-state index contributed by atoms with van der Waals surface area (Å²) in [7, 11) is 0. The quantitative estimate of drug-likeness (QED) is 0.159. The van der Waals surface area contributed by atoms with Gasteiger partial charge in [-0.25, -0.2) is 15.0 Å². The van der Waals surface area contributed by atoms with E-state index in [-0.39, 0.29) is 0 Å². The Morgan fingerprint density at radius 2 is 0.871 bits per heavy atom. The van der Waals surface area contributed by atoms with E-state index >= 15 is 0 Å². The summed E-state index contributed by atoms with van der Waals surface area (Å²) in [6, 6.07) is 81.9. The summed E-state index contributed by atoms with van der Waals surface area (Å²) < 4.78 is 20.4. The number of nitrogens with zero attached hydrogens (tertiary/aromatic N) is 3. The van der Waals surface area contributed by atoms with Crippen molar-refractivity contribution >= 4 is 21.9 Å². The minimum Gasteiger partial charge on any atom is -0.455 e. The van der Waals surface area contributed by atoms with Crippen LogP contribution in [-0.4, -0.2) is 15.0 Å². The maximum atomic E-state index is 7.24. The first-order valence-electron chi connectivity index (χ1n) is 23.5. The number of ether oxygens (including phenoxy) is 2. The van der Waals surface area contributed by atoms with Gasteiger partial charge in [-0.15, -0.1) is 0 Å². The fourth-order valence-electron chi connectivity index (χ4n) is 10.8. The van der Waals surface area contributed by atoms with Gasteiger partial charge in [0.1, 0.15) is 11.2 Å². The van der Waals surface area contributed by atoms with E-state index in [0.29, 0.717) is 40.5 Å². The van der Waals surface area contributed by atoms with Crippen LogP contribution in [0.5, 0.6) is 23.0 Å². The number of para-hydroxylation sites is 3. The maximum absolute atomic E-state index is 7.24. The Balaban J connectivity index is 0.862. The van der Waals surface area contributed by atoms with Crippen molar-refractivity contribution in [2.75, 3.05) is 0 Å². The monoisotopic (exact) mass is 897 g/mol. The lowest BCUT2D eigenvalue weighted by molar-refractivity contribution is 0.361. The van der Waals surface area contributed by atoms with Crippen molar-refractivity contribution in [3.05, 3.63) is 259 Å². The van der Waals surface area contributed by atoms with Gasteiger partial charge in [0.05, 0.1) is 5.41 Å². The zero-order valence-corrected chi connectivity index (χ0v) is 37.6. The molecule has 0 amide bonds. The molecule has 70 heavy (non-hydrogen) atoms. The number of hydrogen-bond donors (Lipinski definition) is 0. The van der Waals surface area contributed by atoms with E-state index in [2.05, 4.69) is 164 Å². The van der Waals surface area contributed by atoms with E-state index in [4.69, 9.17) is 28.8 Å². The Hall–Kier alpha value is -9.39. The Morgan fingerprint density at radius 1 is 0.329 bits per heavy atom. The molecule has 6 nitrogen and oxygen atoms in total. The van der Waals surface area contributed by atoms with Crippen LogP contribution < -0.4 is 9.47 Å². The Kier molecular flexibility index (Phi) is 9.01. The molecule has 2 aromatic heterocycles. The second-order valence-corrected chi connectivity index (χ2v) is 17.8. The van der Waals surface area contributed by atoms with Gasteiger partial charge in [0, 0.05) is 44.2 Å². The molecular formula is C64H39N3O3. The second-order valence-electron chi connectivity index (χ2n) is 17.8. The molecule has 0 radical (unpaired) electrons. The van der Waals surface area contributed by atoms with E-state index in [1.807, 2.05) is 72.8 Å². The zero-order valence-electron chi connectivity index (χ0n) is 37.6. The molecule has 0 bridgehead atoms. The van der Waals surface area contributed by atoms with E-state index in [1.165, 1.54) is 16.7 Å². The van der Waals surface area contributed by atoms with Crippen LogP contribution in [-0.2, 0) is 5.41 Å². The molecule has 1 aliphatic carbocycles. The maximum Gasteiger partial charge on any atom is 0.178 e. The summed E-state index contributed by atoms with van der Waals surface area (Å²) >= 11 is 0. The summed E-state index contributed by atoms with van der Waals surface area (Å²) in [6.07, 6.45) is 0. The molecule has 1 aliphatic heterocycles. The van der Waals surface area contributed by atoms with Crippen molar-refractivity contribution in [2.24, 2.45) is 0 Å². The number of aromatic nitrogens is 3. The zero-order chi connectivity index (χ0) is 46.2. The molecular weight excluding hydrogens is 859 g/mol. The van der Waals surface area contributed by atoms with Crippen molar-refractivity contribution in [3.63, 3.8) is 0 Å². The molecule has 0 fully saturated rings. The van der Waals surface area contributed by atoms with Gasteiger partial charge in [-0.2, -0.15) is 0 Å². The van der Waals surface area contributed by atoms with Gasteiger partial charge in [-0.1, -0.05) is 212 Å². The third-order valence-corrected chi connectivity index (χ3v) is 13.9. The second kappa shape index (κ2) is 15.9. The van der Waals surface area contributed by atoms with Gasteiger partial charge in [0.15, 0.2) is 40.5 Å². The standard InChI is InChI=1S/C64H39N3O3/c1-4-17-41(18-5-1)61-65-62(42-35-33-40(34-36-42)47-27-15-29-50-49-25-11-13-31-54(49)69-58(47)50)67-63(66-61)44-20-14-19-43(39-44)48-28-16-32-55-59(48)70-60-56(68-55)38-37-53-57(60)51-26-10-12-30-52(51)64(53,45-21-6-2-7-22-45)46-23-8-3-9-24-46/h1-39H. The van der Waals surface area contributed by atoms with Crippen molar-refractivity contribution in [2.45, 2.75) is 5.41 Å². The van der Waals surface area contributed by atoms with Crippen molar-refractivity contribution in [1.29, 1.82) is 0 Å². The molecule has 0 saturated carbocycles. The molecule has 3 heterocycles. The van der Waals surface area contributed by atoms with Crippen molar-refractivity contribution < 1.29 is 13.9 Å². The lowest BCUT2D eigenvalue weighted by Crippen LogP contribution is -2.28. The summed E-state index contributed by atoms with van der Waals surface area (Å²) in [6.45, 7) is 0. The number of furan rings is 1. The highest BCUT2D eigenvalue weighted by molar-refractivity contribution is 6.09. The number of fused-ring (bicyclic) bond motifs is 9. The number of rotatable bonds is 7. The van der Waals surface area contributed by atoms with Crippen LogP contribution in [0.25, 0.3) is 89.5 Å². The summed E-state index contributed by atoms with van der Waals surface area (Å²) in [5, 5.41) is 2.20. The molecule has 2 aliphatic rings. The Bertz CT molecular complexity index is 3960. The van der Waals surface area contributed by atoms with Crippen molar-refractivity contribution in [3.8, 4) is 90.5 Å². The van der Waals surface area contributed by atoms with Crippen LogP contribution >= 0.6 is 0 Å². The first-order valence-corrected chi connectivity index (χ1v) is 23.5. The topological polar surface area (TPSA) is 70.3 Å². The predicted molar refractivity (Wildman–Crippen MR) is 278 cm³/mol. The minimum absolute atomic E-state index is 0.557. The number of benzene rings is 10. The molecule has 14 rings (SSSR count). The lowest BCUT2D eigenvalue weighted by Gasteiger charge is -2.34. The van der Waals surface area contributed by atoms with Gasteiger partial charge in [-0.05, 0) is 63.2 Å². The van der Waals surface area contributed by atoms with Gasteiger partial charge in [-0.3, -0.25) is 0 Å². The normalized spacial score (nSPS) is 12.9. The highest BCUT2D eigenvalue weighted by Crippen LogP contribution is 2.63. The summed E-state index contributed by atoms with van der Waals surface area (Å²) in [5.41, 5.74) is 14.5. The summed E-state index contributed by atoms with van der Waals surface area (Å²) in [4.78, 5) is 15.3. The lowest BCUT2D eigenvalue weighted by atomic mass is 9.68. The average molecular weight is 898 g/mol. The highest BCUT2D eigenvalue weighted by atomic mass is 16.6. The van der Waals surface area contributed by atoms with Crippen molar-refractivity contribution in [1.82, 2.24) is 15.0 Å². The third kappa shape index (κ3) is 6.17. The number of hydrogen-bond acceptors (Lipinski definition) is 6. The van der Waals surface area contributed by atoms with E-state index in [0.717, 1.165) is 77.6 Å². The van der Waals surface area contributed by atoms with Crippen LogP contribution in [0.1, 0.15) is 22.3 Å². The van der Waals surface area contributed by atoms with E-state index < -0.39 is 5.41 Å². The van der Waals surface area contributed by atoms with Crippen LogP contribution in [0.4, 0.5) is 0 Å². The third-order valence-electron chi connectivity index (χ3n) is 13.9. The smallest absolute Gasteiger partial charge is 0.178 e. The first kappa shape index (κ1) is 39.7. The van der Waals surface area contributed by atoms with Crippen LogP contribution in [0.3, 0.4) is 0 Å². The molecule has 12 aromatic rings. The molecule has 0 N–H and O–H groups in total. The Morgan fingerprint density at radius 3 is 1.64 bits per heavy atom. The van der Waals surface area contributed by atoms with Crippen LogP contribution in [0.15, 0.2) is 241 Å². The fourth-order valence-corrected chi connectivity index (χ4v) is 10.8. The van der Waals surface area contributed by atoms with Gasteiger partial charge in [0.2, 0.25) is 0 Å². The minimum atomic E-state index is -0.574. The molecule has 0 saturated heterocycles. The van der Waals surface area contributed by atoms with Crippen LogP contribution in [0.2, 0.25) is 0 Å². The van der Waals surface area contributed by atoms with Gasteiger partial charge >= 0.3 is 0 Å². The van der Waals surface area contributed by atoms with Gasteiger partial charge < -0.3 is 13.9 Å². The average Bonchev–Trinajstić information content (AvgIpc) is 3.97. The van der Waals surface area contributed by atoms with E-state index in [1.54, 1.807) is 0 Å². The summed E-state index contributed by atoms with van der Waals surface area (Å²) in [5.74, 6) is 4.39. The molecule has 0 atom stereocenters. The fraction of sp³-hybridized carbons (Fsp3) is 0.0156. The molecule has 10 aromatic carbocycles. The van der Waals surface area contributed by atoms with E-state index in [9.17, 15) is 0 Å². The first-order chi connectivity index (χ1) is 34.7. The SMILES string of the molecule is c1ccc(-c2nc(-c3ccc(-c4cccc5c4oc4ccccc45)cc3)nc(-c3cccc(-c4cccc5c4Oc4c(ccc6c4-c4ccccc4C6(c4ccccc4)c4ccccc4)O5)c3)n2)cc1. The Labute approximate surface area is 403 Å². The molecule has 0 spiro atoms. The molecule has 328 valence electrons. The largest absolute Gasteiger partial charge is 0.455 e. The van der Waals surface area contributed by atoms with Crippen LogP contribution in [0, 0.1) is 0 Å². The molecule has 0 unspecified atom stereocenters. The van der Waals surface area contributed by atoms with Gasteiger partial charge in [0.25, 0.3) is 0 Å². The predicted octanol–water partition coefficient (Wildman–Crippen LogP) is 16.4. The molecule has 6 heteroatoms.